The Kier molecular flexibility index (Phi) is 23.5. The number of H-pyrrole nitrogens is 4. The lowest BCUT2D eigenvalue weighted by Crippen LogP contribution is -2.51. The lowest BCUT2D eigenvalue weighted by Gasteiger charge is -2.28. The molecule has 31 nitrogen and oxygen atoms in total. The highest BCUT2D eigenvalue weighted by Crippen LogP contribution is 2.21. The fraction of sp³-hybridized carbons (Fsp3) is 0.421. The predicted molar refractivity (Wildman–Crippen MR) is 342 cm³/mol. The Bertz CT molecular complexity index is 4190. The Morgan fingerprint density at radius 2 is 0.977 bits per heavy atom. The molecule has 1 unspecified atom stereocenters. The van der Waals surface area contributed by atoms with Crippen molar-refractivity contribution >= 4 is 68.0 Å². The van der Waals surface area contributed by atoms with Crippen molar-refractivity contribution in [2.75, 3.05) is 17.2 Å². The van der Waals surface area contributed by atoms with Gasteiger partial charge in [0.25, 0.3) is 22.2 Å². The van der Waals surface area contributed by atoms with Crippen molar-refractivity contribution in [1.29, 1.82) is 0 Å². The van der Waals surface area contributed by atoms with Crippen LogP contribution in [0.2, 0.25) is 0 Å². The van der Waals surface area contributed by atoms with Crippen LogP contribution >= 0.6 is 0 Å². The second kappa shape index (κ2) is 30.1. The van der Waals surface area contributed by atoms with Gasteiger partial charge in [-0.05, 0) is 129 Å². The number of nitrogens with two attached hydrogens (primary N) is 4. The predicted octanol–water partition coefficient (Wildman–Crippen LogP) is 5.24. The van der Waals surface area contributed by atoms with Crippen LogP contribution in [0.4, 0.5) is 22.4 Å². The molecule has 13 N–H and O–H groups in total. The van der Waals surface area contributed by atoms with Crippen molar-refractivity contribution in [3.05, 3.63) is 154 Å². The van der Waals surface area contributed by atoms with Gasteiger partial charge in [-0.3, -0.25) is 48.2 Å². The monoisotopic (exact) mass is 1210 g/mol. The minimum atomic E-state index is -0.355. The van der Waals surface area contributed by atoms with E-state index < -0.39 is 0 Å². The average molecular weight is 1220 g/mol. The zero-order valence-electron chi connectivity index (χ0n) is 52.5. The molecule has 0 bridgehead atoms. The first-order chi connectivity index (χ1) is 41.3. The summed E-state index contributed by atoms with van der Waals surface area (Å²) >= 11 is 0. The SMILES string of the molecule is CC(C)N1C=CC(N)NC1=O.CC(C)n1ccc(=O)[nH]c1=O.CC(C)n1ccc2c(=O)[nH]c(N)nc21.CC(C)n1ccc2c(N)ncnc21.CC(C)n1cnc2c(N)ncnc21.Cc1cn(C(C)C)c(=O)[nH]c1=O.Cc1nc2c(ncn2C(C)C)c(=O)[nH]1. The van der Waals surface area contributed by atoms with Gasteiger partial charge >= 0.3 is 17.4 Å². The van der Waals surface area contributed by atoms with Crippen LogP contribution in [0.3, 0.4) is 0 Å². The zero-order chi connectivity index (χ0) is 65.6. The Morgan fingerprint density at radius 1 is 0.466 bits per heavy atom. The maximum Gasteiger partial charge on any atom is 0.328 e. The number of aryl methyl sites for hydroxylation is 2. The second-order valence-electron chi connectivity index (χ2n) is 22.1. The lowest BCUT2D eigenvalue weighted by molar-refractivity contribution is 0.199. The standard InChI is InChI=1S/2C9H12N4O.C9H12N4.C8H11N5.C8H12N2O2.C7H13N3O.C7H10N2O2/c1-5(2)13-4-10-7-8(13)11-6(3)12-9(7)14;1-5(2)13-4-3-6-7(13)11-9(10)12-8(6)14;1-6(2)13-4-3-7-8(10)11-5-12-9(7)13;1-5(2)13-4-12-6-7(9)10-3-11-8(6)13;1-5(2)10-4-6(3)7(11)9-8(10)12;1-5(2)10-4-3-6(8)9-7(10)11;1-5(2)9-4-3-6(10)8-7(9)11/h4-5H,1-3H3,(H,11,12,14);3-5H,1-2H3,(H3,10,11,12,14);3-6H,1-2H3,(H2,10,11,12);3-5H,1-2H3,(H2,9,10,11);4-5H,1-3H3,(H,9,11,12);3-6H,8H2,1-2H3,(H,9,11);3-5H,1-2H3,(H,8,10,11). The number of imidazole rings is 2. The van der Waals surface area contributed by atoms with Gasteiger partial charge in [-0.1, -0.05) is 0 Å². The second-order valence-corrected chi connectivity index (χ2v) is 22.1. The van der Waals surface area contributed by atoms with Crippen molar-refractivity contribution in [3.8, 4) is 0 Å². The molecule has 0 radical (unpaired) electrons. The molecule has 0 aromatic carbocycles. The van der Waals surface area contributed by atoms with Crippen LogP contribution in [0.5, 0.6) is 0 Å². The molecule has 0 spiro atoms. The molecule has 0 fully saturated rings. The first-order valence-electron chi connectivity index (χ1n) is 28.3. The average Bonchev–Trinajstić information content (AvgIpc) is 3.19. The zero-order valence-corrected chi connectivity index (χ0v) is 52.5. The van der Waals surface area contributed by atoms with Crippen molar-refractivity contribution in [1.82, 2.24) is 97.4 Å². The van der Waals surface area contributed by atoms with Gasteiger partial charge in [-0.15, -0.1) is 0 Å². The van der Waals surface area contributed by atoms with Crippen LogP contribution in [0, 0.1) is 13.8 Å². The highest BCUT2D eigenvalue weighted by atomic mass is 16.2. The summed E-state index contributed by atoms with van der Waals surface area (Å²) in [5.41, 5.74) is 25.2. The molecule has 0 aliphatic carbocycles. The number of hydrogen-bond acceptors (Lipinski definition) is 19. The number of amides is 2. The smallest absolute Gasteiger partial charge is 0.328 e. The summed E-state index contributed by atoms with van der Waals surface area (Å²) in [6.45, 7) is 31.3. The minimum absolute atomic E-state index is 0.0769. The molecule has 1 aliphatic heterocycles. The van der Waals surface area contributed by atoms with Crippen LogP contribution in [0.1, 0.15) is 145 Å². The number of nitrogens with one attached hydrogen (secondary N) is 5. The van der Waals surface area contributed by atoms with E-state index in [0.29, 0.717) is 62.8 Å². The molecular weight excluding hydrogens is 1130 g/mol. The third-order valence-electron chi connectivity index (χ3n) is 12.9. The van der Waals surface area contributed by atoms with Crippen LogP contribution in [0.15, 0.2) is 109 Å². The molecule has 11 rings (SSSR count). The number of aromatic amines is 4. The number of urea groups is 1. The van der Waals surface area contributed by atoms with Crippen molar-refractivity contribution < 1.29 is 4.79 Å². The summed E-state index contributed by atoms with van der Waals surface area (Å²) in [6.07, 6.45) is 16.4. The number of rotatable bonds is 7. The highest BCUT2D eigenvalue weighted by molar-refractivity contribution is 5.86. The van der Waals surface area contributed by atoms with Gasteiger partial charge in [0.2, 0.25) is 5.95 Å². The van der Waals surface area contributed by atoms with E-state index in [-0.39, 0.29) is 82.0 Å². The van der Waals surface area contributed by atoms with Crippen LogP contribution in [0.25, 0.3) is 44.4 Å². The van der Waals surface area contributed by atoms with E-state index in [0.717, 1.165) is 16.7 Å². The molecule has 472 valence electrons. The van der Waals surface area contributed by atoms with Gasteiger partial charge < -0.3 is 51.5 Å². The number of nitrogen functional groups attached to an aromatic ring is 3. The fourth-order valence-electron chi connectivity index (χ4n) is 8.27. The summed E-state index contributed by atoms with van der Waals surface area (Å²) in [6, 6.07) is 6.49. The number of carbonyl (C=O) groups excluding carboxylic acids is 1. The Hall–Kier alpha value is -10.3. The lowest BCUT2D eigenvalue weighted by atomic mass is 10.3. The van der Waals surface area contributed by atoms with Gasteiger partial charge in [0.05, 0.1) is 29.6 Å². The molecule has 88 heavy (non-hydrogen) atoms. The Labute approximate surface area is 505 Å². The Morgan fingerprint density at radius 3 is 1.53 bits per heavy atom. The topological polar surface area (TPSA) is 435 Å². The summed E-state index contributed by atoms with van der Waals surface area (Å²) < 4.78 is 10.8. The molecule has 2 amide bonds. The first kappa shape index (κ1) is 68.5. The number of fused-ring (bicyclic) bond motifs is 4. The maximum absolute atomic E-state index is 11.5. The summed E-state index contributed by atoms with van der Waals surface area (Å²) in [5.74, 6) is 1.75. The molecule has 11 heterocycles. The molecule has 0 saturated heterocycles. The molecule has 10 aromatic rings. The van der Waals surface area contributed by atoms with E-state index in [1.54, 1.807) is 55.9 Å². The normalized spacial score (nSPS) is 12.8. The van der Waals surface area contributed by atoms with Gasteiger partial charge in [0.15, 0.2) is 22.6 Å². The number of hydrogen-bond donors (Lipinski definition) is 9. The van der Waals surface area contributed by atoms with Gasteiger partial charge in [0.1, 0.15) is 41.1 Å². The molecule has 0 saturated carbocycles. The van der Waals surface area contributed by atoms with Gasteiger partial charge in [0, 0.05) is 84.9 Å². The van der Waals surface area contributed by atoms with Gasteiger partial charge in [-0.2, -0.15) is 4.98 Å². The van der Waals surface area contributed by atoms with Crippen LogP contribution < -0.4 is 61.9 Å². The largest absolute Gasteiger partial charge is 0.383 e. The van der Waals surface area contributed by atoms with Crippen LogP contribution in [-0.4, -0.2) is 110 Å². The van der Waals surface area contributed by atoms with Crippen LogP contribution in [-0.2, 0) is 0 Å². The fourth-order valence-corrected chi connectivity index (χ4v) is 8.27. The molecule has 1 aliphatic rings. The number of aromatic nitrogens is 18. The van der Waals surface area contributed by atoms with Crippen molar-refractivity contribution in [3.63, 3.8) is 0 Å². The van der Waals surface area contributed by atoms with E-state index in [9.17, 15) is 33.6 Å². The highest BCUT2D eigenvalue weighted by Gasteiger charge is 2.19. The number of carbonyl (C=O) groups is 1. The van der Waals surface area contributed by atoms with Gasteiger partial charge in [-0.25, -0.2) is 49.3 Å². The number of nitrogens with zero attached hydrogens (tertiary/aromatic N) is 15. The first-order valence-corrected chi connectivity index (χ1v) is 28.3. The van der Waals surface area contributed by atoms with Crippen molar-refractivity contribution in [2.24, 2.45) is 5.73 Å². The third kappa shape index (κ3) is 17.4. The van der Waals surface area contributed by atoms with E-state index in [1.807, 2.05) is 101 Å². The summed E-state index contributed by atoms with van der Waals surface area (Å²) in [4.78, 5) is 121. The molecule has 10 aromatic heterocycles. The minimum Gasteiger partial charge on any atom is -0.383 e. The molecular formula is C57H82N24O7. The van der Waals surface area contributed by atoms with E-state index >= 15 is 0 Å². The third-order valence-corrected chi connectivity index (χ3v) is 12.9. The van der Waals surface area contributed by atoms with E-state index in [2.05, 4.69) is 97.4 Å². The quantitative estimate of drug-likeness (QED) is 0.0984. The molecule has 31 heteroatoms. The summed E-state index contributed by atoms with van der Waals surface area (Å²) in [7, 11) is 0. The summed E-state index contributed by atoms with van der Waals surface area (Å²) in [5, 5.41) is 4.09. The van der Waals surface area contributed by atoms with E-state index in [4.69, 9.17) is 22.9 Å². The Balaban J connectivity index is 0.000000187. The van der Waals surface area contributed by atoms with Crippen molar-refractivity contribution in [2.45, 2.75) is 159 Å². The van der Waals surface area contributed by atoms with E-state index in [1.165, 1.54) is 34.1 Å². The maximum atomic E-state index is 11.5. The molecule has 1 atom stereocenters. The number of anilines is 3.